The van der Waals surface area contributed by atoms with Gasteiger partial charge in [-0.15, -0.1) is 0 Å². The fourth-order valence-corrected chi connectivity index (χ4v) is 8.15. The van der Waals surface area contributed by atoms with Gasteiger partial charge in [-0.3, -0.25) is 0 Å². The van der Waals surface area contributed by atoms with E-state index < -0.39 is 22.4 Å². The van der Waals surface area contributed by atoms with Crippen molar-refractivity contribution in [3.05, 3.63) is 0 Å². The third-order valence-corrected chi connectivity index (χ3v) is 9.07. The van der Waals surface area contributed by atoms with Crippen LogP contribution in [0, 0.1) is 0 Å². The van der Waals surface area contributed by atoms with E-state index in [4.69, 9.17) is 28.4 Å². The quantitative estimate of drug-likeness (QED) is 0.676. The number of rotatable bonds is 5. The molecule has 6 saturated heterocycles. The Labute approximate surface area is 180 Å². The smallest absolute Gasteiger partial charge is 0.131 e. The molecule has 6 heterocycles. The number of ether oxygens (including phenoxy) is 6. The van der Waals surface area contributed by atoms with Gasteiger partial charge in [0.05, 0.1) is 12.2 Å². The van der Waals surface area contributed by atoms with Crippen molar-refractivity contribution < 1.29 is 28.4 Å². The first kappa shape index (κ1) is 20.4. The van der Waals surface area contributed by atoms with Crippen LogP contribution >= 0.6 is 0 Å². The first-order chi connectivity index (χ1) is 14.8. The van der Waals surface area contributed by atoms with E-state index in [-0.39, 0.29) is 12.2 Å². The van der Waals surface area contributed by atoms with Crippen LogP contribution in [0.5, 0.6) is 0 Å². The van der Waals surface area contributed by atoms with Crippen LogP contribution in [0.3, 0.4) is 0 Å². The van der Waals surface area contributed by atoms with Crippen LogP contribution in [0.1, 0.15) is 77.0 Å². The molecule has 6 aliphatic heterocycles. The standard InChI is InChI=1S/C24H38O6/c1-7-19(25-13-1)21(9-3-15-27-21)23(11-5-17-29-23)24(12-6-18-30-24)22(10-4-16-28-22)20-8-2-14-26-20/h19-20H,1-18H2/t19-,20-,21-,22+,23+,24-/m1/s1. The zero-order valence-electron chi connectivity index (χ0n) is 18.3. The molecule has 6 heteroatoms. The highest BCUT2D eigenvalue weighted by Gasteiger charge is 2.78. The van der Waals surface area contributed by atoms with Gasteiger partial charge in [-0.05, 0) is 77.0 Å². The van der Waals surface area contributed by atoms with Crippen LogP contribution in [0.2, 0.25) is 0 Å². The SMILES string of the molecule is C1CO[C@@H]([C@]2([C@@]3([C@@]4([C@]5([C@H]6CCCO6)CCCO5)CCCO4)CCCO3)CCCO2)C1. The van der Waals surface area contributed by atoms with Gasteiger partial charge in [0.1, 0.15) is 22.4 Å². The van der Waals surface area contributed by atoms with Crippen LogP contribution in [0.15, 0.2) is 0 Å². The molecule has 6 nitrogen and oxygen atoms in total. The fourth-order valence-electron chi connectivity index (χ4n) is 8.15. The van der Waals surface area contributed by atoms with Gasteiger partial charge in [-0.2, -0.15) is 0 Å². The number of hydrogen-bond donors (Lipinski definition) is 0. The Balaban J connectivity index is 1.52. The number of hydrogen-bond acceptors (Lipinski definition) is 6. The summed E-state index contributed by atoms with van der Waals surface area (Å²) in [4.78, 5) is 0. The summed E-state index contributed by atoms with van der Waals surface area (Å²) in [5, 5.41) is 0. The Morgan fingerprint density at radius 2 is 0.867 bits per heavy atom. The van der Waals surface area contributed by atoms with Gasteiger partial charge in [0.2, 0.25) is 0 Å². The maximum Gasteiger partial charge on any atom is 0.131 e. The van der Waals surface area contributed by atoms with Crippen LogP contribution in [0.25, 0.3) is 0 Å². The van der Waals surface area contributed by atoms with E-state index in [1.165, 1.54) is 0 Å². The predicted octanol–water partition coefficient (Wildman–Crippen LogP) is 3.54. The Hall–Kier alpha value is -0.240. The second-order valence-corrected chi connectivity index (χ2v) is 10.2. The molecule has 6 fully saturated rings. The third kappa shape index (κ3) is 2.52. The van der Waals surface area contributed by atoms with Gasteiger partial charge in [0, 0.05) is 39.6 Å². The van der Waals surface area contributed by atoms with Gasteiger partial charge in [0.25, 0.3) is 0 Å². The summed E-state index contributed by atoms with van der Waals surface area (Å²) in [5.41, 5.74) is -1.94. The molecule has 0 radical (unpaired) electrons. The van der Waals surface area contributed by atoms with Gasteiger partial charge >= 0.3 is 0 Å². The molecule has 0 aromatic rings. The van der Waals surface area contributed by atoms with E-state index in [1.54, 1.807) is 0 Å². The van der Waals surface area contributed by atoms with Crippen molar-refractivity contribution in [2.75, 3.05) is 39.6 Å². The van der Waals surface area contributed by atoms with Crippen LogP contribution in [0.4, 0.5) is 0 Å². The molecular formula is C24H38O6. The largest absolute Gasteiger partial charge is 0.375 e. The lowest BCUT2D eigenvalue weighted by Gasteiger charge is -2.61. The van der Waals surface area contributed by atoms with Crippen molar-refractivity contribution in [1.82, 2.24) is 0 Å². The van der Waals surface area contributed by atoms with E-state index >= 15 is 0 Å². The molecule has 0 aromatic heterocycles. The third-order valence-electron chi connectivity index (χ3n) is 9.07. The molecule has 0 unspecified atom stereocenters. The maximum absolute atomic E-state index is 6.96. The molecule has 6 rings (SSSR count). The Morgan fingerprint density at radius 3 is 1.17 bits per heavy atom. The molecule has 6 aliphatic rings. The minimum absolute atomic E-state index is 0.0853. The first-order valence-electron chi connectivity index (χ1n) is 12.6. The van der Waals surface area contributed by atoms with Crippen LogP contribution in [-0.2, 0) is 28.4 Å². The second-order valence-electron chi connectivity index (χ2n) is 10.2. The van der Waals surface area contributed by atoms with E-state index in [0.29, 0.717) is 0 Å². The Morgan fingerprint density at radius 1 is 0.433 bits per heavy atom. The highest BCUT2D eigenvalue weighted by Crippen LogP contribution is 2.64. The average molecular weight is 423 g/mol. The van der Waals surface area contributed by atoms with Crippen molar-refractivity contribution in [2.24, 2.45) is 0 Å². The van der Waals surface area contributed by atoms with Gasteiger partial charge in [-0.1, -0.05) is 0 Å². The molecule has 0 aliphatic carbocycles. The van der Waals surface area contributed by atoms with Crippen LogP contribution in [-0.4, -0.2) is 74.3 Å². The summed E-state index contributed by atoms with van der Waals surface area (Å²) in [6.45, 7) is 4.76. The van der Waals surface area contributed by atoms with Crippen molar-refractivity contribution in [3.8, 4) is 0 Å². The summed E-state index contributed by atoms with van der Waals surface area (Å²) in [5.74, 6) is 0. The van der Waals surface area contributed by atoms with Crippen molar-refractivity contribution >= 4 is 0 Å². The molecule has 0 bridgehead atoms. The van der Waals surface area contributed by atoms with Gasteiger partial charge in [-0.25, -0.2) is 0 Å². The molecule has 0 aromatic carbocycles. The molecule has 0 saturated carbocycles. The van der Waals surface area contributed by atoms with E-state index in [9.17, 15) is 0 Å². The average Bonchev–Trinajstić information content (AvgIpc) is 3.64. The fraction of sp³-hybridized carbons (Fsp3) is 1.00. The highest BCUT2D eigenvalue weighted by molar-refractivity contribution is 5.28. The summed E-state index contributed by atoms with van der Waals surface area (Å²) in [6, 6.07) is 0. The predicted molar refractivity (Wildman–Crippen MR) is 110 cm³/mol. The Kier molecular flexibility index (Phi) is 5.21. The van der Waals surface area contributed by atoms with Gasteiger partial charge in [0.15, 0.2) is 0 Å². The van der Waals surface area contributed by atoms with Crippen LogP contribution < -0.4 is 0 Å². The van der Waals surface area contributed by atoms with E-state index in [2.05, 4.69) is 0 Å². The first-order valence-corrected chi connectivity index (χ1v) is 12.6. The normalized spacial score (nSPS) is 52.0. The molecule has 170 valence electrons. The van der Waals surface area contributed by atoms with Crippen molar-refractivity contribution in [2.45, 2.75) is 112 Å². The minimum atomic E-state index is -0.529. The highest BCUT2D eigenvalue weighted by atomic mass is 16.6. The van der Waals surface area contributed by atoms with Gasteiger partial charge < -0.3 is 28.4 Å². The summed E-state index contributed by atoms with van der Waals surface area (Å²) in [6.07, 6.45) is 12.6. The molecule has 0 N–H and O–H groups in total. The lowest BCUT2D eigenvalue weighted by molar-refractivity contribution is -0.335. The van der Waals surface area contributed by atoms with E-state index in [0.717, 1.165) is 117 Å². The lowest BCUT2D eigenvalue weighted by Crippen LogP contribution is -2.79. The topological polar surface area (TPSA) is 55.4 Å². The Bertz CT molecular complexity index is 545. The molecule has 0 amide bonds. The molecular weight excluding hydrogens is 384 g/mol. The maximum atomic E-state index is 6.96. The van der Waals surface area contributed by atoms with Crippen molar-refractivity contribution in [1.29, 1.82) is 0 Å². The second kappa shape index (κ2) is 7.67. The zero-order chi connectivity index (χ0) is 20.1. The van der Waals surface area contributed by atoms with E-state index in [1.807, 2.05) is 0 Å². The molecule has 30 heavy (non-hydrogen) atoms. The minimum Gasteiger partial charge on any atom is -0.375 e. The molecule has 6 atom stereocenters. The summed E-state index contributed by atoms with van der Waals surface area (Å²) >= 11 is 0. The molecule has 0 spiro atoms. The summed E-state index contributed by atoms with van der Waals surface area (Å²) < 4.78 is 40.2. The lowest BCUT2D eigenvalue weighted by atomic mass is 9.56. The zero-order valence-corrected chi connectivity index (χ0v) is 18.3. The monoisotopic (exact) mass is 422 g/mol. The van der Waals surface area contributed by atoms with Crippen molar-refractivity contribution in [3.63, 3.8) is 0 Å². The summed E-state index contributed by atoms with van der Waals surface area (Å²) in [7, 11) is 0.